The molecule has 0 saturated carbocycles. The molecule has 0 heterocycles. The predicted molar refractivity (Wildman–Crippen MR) is 19.8 cm³/mol. The van der Waals surface area contributed by atoms with E-state index >= 15 is 0 Å². The van der Waals surface area contributed by atoms with Crippen LogP contribution in [-0.2, 0) is 0 Å². The fourth-order valence-electron chi connectivity index (χ4n) is 0.247. The van der Waals surface area contributed by atoms with Gasteiger partial charge in [-0.15, -0.1) is 9.60 Å². The summed E-state index contributed by atoms with van der Waals surface area (Å²) >= 11 is 0. The molecule has 0 aromatic heterocycles. The van der Waals surface area contributed by atoms with E-state index in [9.17, 15) is 17.7 Å². The molecule has 0 amide bonds. The van der Waals surface area contributed by atoms with Crippen LogP contribution in [-0.4, -0.2) is 24.9 Å². The average Bonchev–Trinajstić information content (AvgIpc) is 1.21. The fraction of sp³-hybridized carbons (Fsp3) is 1.00. The predicted octanol–water partition coefficient (Wildman–Crippen LogP) is 1.37. The molecule has 0 saturated heterocycles. The number of halogens is 4. The van der Waals surface area contributed by atoms with E-state index in [0.717, 1.165) is 0 Å². The Kier molecular flexibility index (Phi) is 2.21. The second-order valence-corrected chi connectivity index (χ2v) is 1.38. The Balaban J connectivity index is 3.39. The fourth-order valence-corrected chi connectivity index (χ4v) is 0.247. The van der Waals surface area contributed by atoms with Crippen LogP contribution >= 0.6 is 0 Å². The van der Waals surface area contributed by atoms with Gasteiger partial charge in [0.1, 0.15) is 6.54 Å². The zero-order valence-electron chi connectivity index (χ0n) is 4.17. The summed E-state index contributed by atoms with van der Waals surface area (Å²) in [6, 6.07) is 0. The third-order valence-corrected chi connectivity index (χ3v) is 0.397. The molecule has 0 rings (SSSR count). The highest BCUT2D eigenvalue weighted by molar-refractivity contribution is 4.48. The van der Waals surface area contributed by atoms with E-state index < -0.39 is 17.8 Å². The molecule has 1 nitrogen and oxygen atoms in total. The van der Waals surface area contributed by atoms with Gasteiger partial charge in [-0.25, -0.2) is 0 Å². The van der Waals surface area contributed by atoms with Gasteiger partial charge in [0.15, 0.2) is 0 Å². The summed E-state index contributed by atoms with van der Waals surface area (Å²) < 4.78 is 44.4. The third kappa shape index (κ3) is 5.68. The summed E-state index contributed by atoms with van der Waals surface area (Å²) in [5.74, 6) is 0. The van der Waals surface area contributed by atoms with Crippen LogP contribution in [0.2, 0.25) is 0 Å². The Labute approximate surface area is 43.8 Å². The lowest BCUT2D eigenvalue weighted by molar-refractivity contribution is -0.169. The van der Waals surface area contributed by atoms with Crippen molar-refractivity contribution < 1.29 is 17.7 Å². The zero-order valence-corrected chi connectivity index (χ0v) is 4.17. The van der Waals surface area contributed by atoms with Crippen molar-refractivity contribution in [1.29, 1.82) is 0 Å². The van der Waals surface area contributed by atoms with Crippen LogP contribution in [0.5, 0.6) is 0 Å². The topological polar surface area (TPSA) is 3.24 Å². The Morgan fingerprint density at radius 1 is 1.38 bits per heavy atom. The van der Waals surface area contributed by atoms with Gasteiger partial charge in [0.05, 0.1) is 0 Å². The molecule has 0 aromatic carbocycles. The lowest BCUT2D eigenvalue weighted by Crippen LogP contribution is -2.24. The molecule has 50 valence electrons. The summed E-state index contributed by atoms with van der Waals surface area (Å²) in [5, 5.41) is -0.417. The van der Waals surface area contributed by atoms with E-state index in [-0.39, 0.29) is 0 Å². The van der Waals surface area contributed by atoms with Crippen molar-refractivity contribution in [3.8, 4) is 0 Å². The van der Waals surface area contributed by atoms with Crippen LogP contribution < -0.4 is 0 Å². The molecule has 0 aromatic rings. The van der Waals surface area contributed by atoms with Crippen LogP contribution in [0, 0.1) is 0 Å². The van der Waals surface area contributed by atoms with E-state index in [0.29, 0.717) is 7.05 Å². The molecule has 0 atom stereocenters. The Morgan fingerprint density at radius 2 is 1.75 bits per heavy atom. The maximum Gasteiger partial charge on any atom is 0.403 e. The highest BCUT2D eigenvalue weighted by Gasteiger charge is 2.29. The number of hydrogen-bond donors (Lipinski definition) is 0. The molecule has 5 heteroatoms. The van der Waals surface area contributed by atoms with Crippen molar-refractivity contribution >= 4 is 0 Å². The second kappa shape index (κ2) is 2.30. The summed E-state index contributed by atoms with van der Waals surface area (Å²) in [6.45, 7) is -1.51. The number of hydrogen-bond acceptors (Lipinski definition) is 1. The normalized spacial score (nSPS) is 12.8. The van der Waals surface area contributed by atoms with Gasteiger partial charge in [-0.1, -0.05) is 0 Å². The van der Waals surface area contributed by atoms with Crippen molar-refractivity contribution in [2.45, 2.75) is 6.18 Å². The van der Waals surface area contributed by atoms with Crippen molar-refractivity contribution in [3.05, 3.63) is 0 Å². The van der Waals surface area contributed by atoms with Gasteiger partial charge in [-0.2, -0.15) is 13.2 Å². The van der Waals surface area contributed by atoms with Crippen LogP contribution in [0.3, 0.4) is 0 Å². The van der Waals surface area contributed by atoms with E-state index in [1.54, 1.807) is 0 Å². The monoisotopic (exact) mass is 131 g/mol. The standard InChI is InChI=1S/C3H5F4N/c1-8(7)2-3(4,5)6/h2H2,1H3. The summed E-state index contributed by atoms with van der Waals surface area (Å²) in [4.78, 5) is 0. The van der Waals surface area contributed by atoms with Gasteiger partial charge in [0.2, 0.25) is 0 Å². The molecule has 8 heavy (non-hydrogen) atoms. The van der Waals surface area contributed by atoms with E-state index in [2.05, 4.69) is 0 Å². The number of rotatable bonds is 1. The minimum atomic E-state index is -4.43. The summed E-state index contributed by atoms with van der Waals surface area (Å²) in [6.07, 6.45) is -4.43. The minimum absolute atomic E-state index is 0.417. The maximum atomic E-state index is 11.3. The van der Waals surface area contributed by atoms with Gasteiger partial charge in [-0.3, -0.25) is 0 Å². The molecule has 0 bridgehead atoms. The Bertz CT molecular complexity index is 66.2. The van der Waals surface area contributed by atoms with Gasteiger partial charge < -0.3 is 0 Å². The van der Waals surface area contributed by atoms with Crippen molar-refractivity contribution in [3.63, 3.8) is 0 Å². The Morgan fingerprint density at radius 3 is 1.75 bits per heavy atom. The summed E-state index contributed by atoms with van der Waals surface area (Å²) in [5.41, 5.74) is 0. The molecule has 0 aliphatic heterocycles. The summed E-state index contributed by atoms with van der Waals surface area (Å²) in [7, 11) is 0.716. The second-order valence-electron chi connectivity index (χ2n) is 1.38. The first-order chi connectivity index (χ1) is 3.42. The van der Waals surface area contributed by atoms with E-state index in [1.165, 1.54) is 0 Å². The first-order valence-corrected chi connectivity index (χ1v) is 1.85. The molecule has 0 aliphatic rings. The zero-order chi connectivity index (χ0) is 6.78. The quantitative estimate of drug-likeness (QED) is 0.383. The molecule has 0 spiro atoms. The van der Waals surface area contributed by atoms with Crippen LogP contribution in [0.1, 0.15) is 0 Å². The van der Waals surface area contributed by atoms with Crippen LogP contribution in [0.15, 0.2) is 0 Å². The molecule has 0 N–H and O–H groups in total. The highest BCUT2D eigenvalue weighted by Crippen LogP contribution is 2.14. The van der Waals surface area contributed by atoms with Crippen LogP contribution in [0.4, 0.5) is 17.7 Å². The first-order valence-electron chi connectivity index (χ1n) is 1.85. The number of alkyl halides is 3. The molecule has 0 unspecified atom stereocenters. The van der Waals surface area contributed by atoms with Gasteiger partial charge in [0, 0.05) is 7.05 Å². The average molecular weight is 131 g/mol. The van der Waals surface area contributed by atoms with Crippen LogP contribution in [0.25, 0.3) is 0 Å². The highest BCUT2D eigenvalue weighted by atomic mass is 19.4. The lowest BCUT2D eigenvalue weighted by atomic mass is 10.6. The van der Waals surface area contributed by atoms with Gasteiger partial charge in [0.25, 0.3) is 0 Å². The van der Waals surface area contributed by atoms with Gasteiger partial charge in [-0.05, 0) is 0 Å². The molecule has 0 aliphatic carbocycles. The molecular formula is C3H5F4N. The van der Waals surface area contributed by atoms with Crippen molar-refractivity contribution in [2.75, 3.05) is 13.6 Å². The largest absolute Gasteiger partial charge is 0.403 e. The number of nitrogens with zero attached hydrogens (tertiary/aromatic N) is 1. The first kappa shape index (κ1) is 7.68. The molecule has 0 radical (unpaired) electrons. The Hall–Kier alpha value is -0.320. The van der Waals surface area contributed by atoms with Crippen molar-refractivity contribution in [1.82, 2.24) is 5.12 Å². The minimum Gasteiger partial charge on any atom is -0.170 e. The van der Waals surface area contributed by atoms with Gasteiger partial charge >= 0.3 is 6.18 Å². The SMILES string of the molecule is CN(F)CC(F)(F)F. The van der Waals surface area contributed by atoms with E-state index in [4.69, 9.17) is 0 Å². The molecular weight excluding hydrogens is 126 g/mol. The maximum absolute atomic E-state index is 11.3. The van der Waals surface area contributed by atoms with E-state index in [1.807, 2.05) is 0 Å². The molecule has 0 fully saturated rings. The third-order valence-electron chi connectivity index (χ3n) is 0.397. The lowest BCUT2D eigenvalue weighted by Gasteiger charge is -2.07. The smallest absolute Gasteiger partial charge is 0.170 e. The van der Waals surface area contributed by atoms with Crippen molar-refractivity contribution in [2.24, 2.45) is 0 Å².